The number of nitrogens with zero attached hydrogens (tertiary/aromatic N) is 4. The number of hydrogen-bond acceptors (Lipinski definition) is 1. The van der Waals surface area contributed by atoms with E-state index >= 15 is 0 Å². The molecule has 2 heterocycles. The summed E-state index contributed by atoms with van der Waals surface area (Å²) in [6.45, 7) is 4.28. The average Bonchev–Trinajstić information content (AvgIpc) is 2.73. The summed E-state index contributed by atoms with van der Waals surface area (Å²) in [7, 11) is 4.15. The second-order valence-electron chi connectivity index (χ2n) is 3.96. The van der Waals surface area contributed by atoms with Crippen LogP contribution in [0.15, 0.2) is 31.1 Å². The van der Waals surface area contributed by atoms with E-state index in [1.54, 1.807) is 0 Å². The minimum Gasteiger partial charge on any atom is -0.326 e. The van der Waals surface area contributed by atoms with Crippen molar-refractivity contribution in [3.63, 3.8) is 0 Å². The van der Waals surface area contributed by atoms with Gasteiger partial charge in [0.25, 0.3) is 6.33 Å². The molecule has 4 nitrogen and oxygen atoms in total. The van der Waals surface area contributed by atoms with Crippen LogP contribution in [0.2, 0.25) is 0 Å². The standard InChI is InChI=1S/C10H18N4/c1-4-14(8-7-12(3)10-14)13-6-5-11(2)9-13/h5-9H,4,10H2,1-3H3/q+2. The van der Waals surface area contributed by atoms with E-state index in [4.69, 9.17) is 0 Å². The molecule has 1 aromatic heterocycles. The second-order valence-corrected chi connectivity index (χ2v) is 3.96. The molecule has 0 saturated carbocycles. The molecule has 76 valence electrons. The van der Waals surface area contributed by atoms with E-state index in [9.17, 15) is 0 Å². The Morgan fingerprint density at radius 1 is 1.50 bits per heavy atom. The van der Waals surface area contributed by atoms with Crippen molar-refractivity contribution < 1.29 is 4.57 Å². The van der Waals surface area contributed by atoms with Gasteiger partial charge in [-0.1, -0.05) is 4.68 Å². The summed E-state index contributed by atoms with van der Waals surface area (Å²) in [6.07, 6.45) is 10.7. The molecule has 0 fully saturated rings. The van der Waals surface area contributed by atoms with Crippen LogP contribution in [0.1, 0.15) is 6.92 Å². The first-order valence-corrected chi connectivity index (χ1v) is 4.97. The molecule has 0 bridgehead atoms. The van der Waals surface area contributed by atoms with Crippen molar-refractivity contribution in [3.8, 4) is 0 Å². The van der Waals surface area contributed by atoms with Gasteiger partial charge in [0, 0.05) is 7.05 Å². The molecule has 4 heteroatoms. The third kappa shape index (κ3) is 1.32. The molecular formula is C10H18N4+2. The maximum atomic E-state index is 2.24. The molecule has 2 rings (SSSR count). The van der Waals surface area contributed by atoms with Gasteiger partial charge < -0.3 is 4.90 Å². The molecular weight excluding hydrogens is 176 g/mol. The molecule has 0 radical (unpaired) electrons. The summed E-state index contributed by atoms with van der Waals surface area (Å²) in [5.41, 5.74) is 0. The van der Waals surface area contributed by atoms with Gasteiger partial charge in [-0.15, -0.1) is 4.59 Å². The number of imidazole rings is 1. The van der Waals surface area contributed by atoms with Gasteiger partial charge in [0.1, 0.15) is 12.7 Å². The van der Waals surface area contributed by atoms with Gasteiger partial charge in [-0.25, -0.2) is 4.57 Å². The van der Waals surface area contributed by atoms with Gasteiger partial charge >= 0.3 is 0 Å². The molecule has 1 aliphatic rings. The monoisotopic (exact) mass is 194 g/mol. The van der Waals surface area contributed by atoms with Crippen LogP contribution >= 0.6 is 0 Å². The highest BCUT2D eigenvalue weighted by Gasteiger charge is 2.35. The van der Waals surface area contributed by atoms with E-state index in [2.05, 4.69) is 59.2 Å². The zero-order chi connectivity index (χ0) is 10.2. The number of hydrogen-bond donors (Lipinski definition) is 0. The largest absolute Gasteiger partial charge is 0.326 e. The van der Waals surface area contributed by atoms with Crippen LogP contribution in [-0.2, 0) is 7.05 Å². The molecule has 1 aliphatic heterocycles. The van der Waals surface area contributed by atoms with Gasteiger partial charge in [0.15, 0.2) is 19.1 Å². The van der Waals surface area contributed by atoms with Crippen LogP contribution in [-0.4, -0.2) is 29.8 Å². The Morgan fingerprint density at radius 2 is 2.29 bits per heavy atom. The third-order valence-corrected chi connectivity index (χ3v) is 2.83. The highest BCUT2D eigenvalue weighted by molar-refractivity contribution is 5.02. The molecule has 0 saturated heterocycles. The molecule has 1 aromatic rings. The highest BCUT2D eigenvalue weighted by atomic mass is 15.7. The van der Waals surface area contributed by atoms with E-state index in [-0.39, 0.29) is 0 Å². The second kappa shape index (κ2) is 3.13. The summed E-state index contributed by atoms with van der Waals surface area (Å²) in [5.74, 6) is 0. The number of rotatable bonds is 2. The van der Waals surface area contributed by atoms with Crippen molar-refractivity contribution in [2.75, 3.05) is 20.3 Å². The average molecular weight is 194 g/mol. The molecule has 14 heavy (non-hydrogen) atoms. The molecule has 0 spiro atoms. The predicted molar refractivity (Wildman–Crippen MR) is 55.5 cm³/mol. The van der Waals surface area contributed by atoms with Gasteiger partial charge in [0.2, 0.25) is 0 Å². The van der Waals surface area contributed by atoms with Crippen LogP contribution in [0, 0.1) is 0 Å². The normalized spacial score (nSPS) is 26.1. The van der Waals surface area contributed by atoms with Crippen molar-refractivity contribution in [2.45, 2.75) is 6.92 Å². The minimum atomic E-state index is 0.858. The molecule has 0 amide bonds. The summed E-state index contributed by atoms with van der Waals surface area (Å²) in [4.78, 5) is 2.21. The Hall–Kier alpha value is -1.29. The zero-order valence-corrected chi connectivity index (χ0v) is 9.09. The van der Waals surface area contributed by atoms with Crippen LogP contribution in [0.5, 0.6) is 0 Å². The lowest BCUT2D eigenvalue weighted by Crippen LogP contribution is -2.54. The summed E-state index contributed by atoms with van der Waals surface area (Å²) < 4.78 is 5.17. The van der Waals surface area contributed by atoms with Crippen molar-refractivity contribution in [1.29, 1.82) is 0 Å². The number of quaternary nitrogens is 1. The first-order valence-electron chi connectivity index (χ1n) is 4.97. The van der Waals surface area contributed by atoms with Crippen molar-refractivity contribution in [2.24, 2.45) is 7.05 Å². The van der Waals surface area contributed by atoms with Gasteiger partial charge in [-0.2, -0.15) is 0 Å². The van der Waals surface area contributed by atoms with Crippen LogP contribution in [0.4, 0.5) is 0 Å². The Balaban J connectivity index is 2.34. The smallest absolute Gasteiger partial charge is 0.295 e. The van der Waals surface area contributed by atoms with E-state index in [0.717, 1.165) is 17.8 Å². The molecule has 0 aromatic carbocycles. The lowest BCUT2D eigenvalue weighted by molar-refractivity contribution is -0.671. The van der Waals surface area contributed by atoms with Crippen LogP contribution in [0.3, 0.4) is 0 Å². The first kappa shape index (κ1) is 9.27. The Kier molecular flexibility index (Phi) is 2.07. The maximum Gasteiger partial charge on any atom is 0.295 e. The SMILES string of the molecule is CC[N+]1(n2cc[n+](C)c2)C=CN(C)C1. The number of aromatic nitrogens is 2. The minimum absolute atomic E-state index is 0.858. The summed E-state index contributed by atoms with van der Waals surface area (Å²) >= 11 is 0. The number of aryl methyl sites for hydroxylation is 1. The molecule has 0 aliphatic carbocycles. The van der Waals surface area contributed by atoms with E-state index in [1.807, 2.05) is 7.05 Å². The maximum absolute atomic E-state index is 2.24. The van der Waals surface area contributed by atoms with Crippen LogP contribution in [0.25, 0.3) is 0 Å². The van der Waals surface area contributed by atoms with Crippen molar-refractivity contribution in [1.82, 2.24) is 14.2 Å². The summed E-state index contributed by atoms with van der Waals surface area (Å²) in [6, 6.07) is 0. The Bertz CT molecular complexity index is 355. The topological polar surface area (TPSA) is 12.0 Å². The Morgan fingerprint density at radius 3 is 2.71 bits per heavy atom. The molecule has 0 N–H and O–H groups in total. The van der Waals surface area contributed by atoms with E-state index in [0.29, 0.717) is 0 Å². The van der Waals surface area contributed by atoms with Crippen molar-refractivity contribution >= 4 is 0 Å². The van der Waals surface area contributed by atoms with Gasteiger partial charge in [-0.05, 0) is 6.92 Å². The Labute approximate surface area is 84.8 Å². The predicted octanol–water partition coefficient (Wildman–Crippen LogP) is 0.145. The van der Waals surface area contributed by atoms with Gasteiger partial charge in [-0.3, -0.25) is 0 Å². The van der Waals surface area contributed by atoms with Gasteiger partial charge in [0.05, 0.1) is 13.2 Å². The fourth-order valence-electron chi connectivity index (χ4n) is 1.91. The first-order chi connectivity index (χ1) is 6.66. The quantitative estimate of drug-likeness (QED) is 0.482. The lowest BCUT2D eigenvalue weighted by Gasteiger charge is -2.25. The highest BCUT2D eigenvalue weighted by Crippen LogP contribution is 2.13. The van der Waals surface area contributed by atoms with Crippen LogP contribution < -0.4 is 9.16 Å². The molecule has 1 unspecified atom stereocenters. The van der Waals surface area contributed by atoms with E-state index in [1.165, 1.54) is 0 Å². The fourth-order valence-corrected chi connectivity index (χ4v) is 1.91. The third-order valence-electron chi connectivity index (χ3n) is 2.83. The molecule has 1 atom stereocenters. The van der Waals surface area contributed by atoms with Crippen molar-refractivity contribution in [3.05, 3.63) is 31.1 Å². The summed E-state index contributed by atoms with van der Waals surface area (Å²) in [5, 5.41) is 0. The fraction of sp³-hybridized carbons (Fsp3) is 0.500. The zero-order valence-electron chi connectivity index (χ0n) is 9.09. The van der Waals surface area contributed by atoms with E-state index < -0.39 is 0 Å². The lowest BCUT2D eigenvalue weighted by atomic mass is 10.6.